The van der Waals surface area contributed by atoms with Gasteiger partial charge in [0.2, 0.25) is 5.95 Å². The van der Waals surface area contributed by atoms with Crippen LogP contribution in [0.4, 0.5) is 5.95 Å². The van der Waals surface area contributed by atoms with Gasteiger partial charge in [-0.25, -0.2) is 9.97 Å². The van der Waals surface area contributed by atoms with Crippen molar-refractivity contribution in [3.05, 3.63) is 83.9 Å². The molecule has 1 amide bonds. The highest BCUT2D eigenvalue weighted by Crippen LogP contribution is 2.15. The van der Waals surface area contributed by atoms with Gasteiger partial charge in [-0.05, 0) is 24.1 Å². The van der Waals surface area contributed by atoms with Gasteiger partial charge in [0.05, 0.1) is 11.6 Å². The second-order valence-corrected chi connectivity index (χ2v) is 5.62. The quantitative estimate of drug-likeness (QED) is 0.725. The monoisotopic (exact) mass is 333 g/mol. The predicted octanol–water partition coefficient (Wildman–Crippen LogP) is 2.97. The molecule has 3 aromatic rings. The smallest absolute Gasteiger partial charge is 0.254 e. The molecule has 6 nitrogen and oxygen atoms in total. The molecule has 25 heavy (non-hydrogen) atoms. The summed E-state index contributed by atoms with van der Waals surface area (Å²) in [6, 6.07) is 13.8. The molecular formula is C19H19N5O. The number of pyridine rings is 1. The first-order valence-electron chi connectivity index (χ1n) is 8.03. The van der Waals surface area contributed by atoms with Crippen molar-refractivity contribution in [1.82, 2.24) is 20.3 Å². The van der Waals surface area contributed by atoms with Gasteiger partial charge in [-0.2, -0.15) is 0 Å². The molecular weight excluding hydrogens is 314 g/mol. The zero-order chi connectivity index (χ0) is 17.5. The summed E-state index contributed by atoms with van der Waals surface area (Å²) in [5.74, 6) is 0.270. The Labute approximate surface area is 146 Å². The van der Waals surface area contributed by atoms with Crippen LogP contribution in [0.15, 0.2) is 67.3 Å². The highest BCUT2D eigenvalue weighted by Gasteiger charge is 2.09. The maximum Gasteiger partial charge on any atom is 0.254 e. The average molecular weight is 333 g/mol. The lowest BCUT2D eigenvalue weighted by Gasteiger charge is -2.14. The molecule has 0 aliphatic rings. The molecule has 0 fully saturated rings. The lowest BCUT2D eigenvalue weighted by molar-refractivity contribution is 0.0950. The number of hydrogen-bond acceptors (Lipinski definition) is 5. The summed E-state index contributed by atoms with van der Waals surface area (Å²) in [4.78, 5) is 24.6. The minimum absolute atomic E-state index is 0.0754. The highest BCUT2D eigenvalue weighted by atomic mass is 16.1. The van der Waals surface area contributed by atoms with Crippen LogP contribution in [0.3, 0.4) is 0 Å². The number of rotatable bonds is 6. The summed E-state index contributed by atoms with van der Waals surface area (Å²) >= 11 is 0. The van der Waals surface area contributed by atoms with Gasteiger partial charge < -0.3 is 10.6 Å². The SMILES string of the molecule is CC(Nc1ncc(C(=O)NCc2cccnc2)cn1)c1ccccc1. The van der Waals surface area contributed by atoms with Crippen LogP contribution in [0.25, 0.3) is 0 Å². The summed E-state index contributed by atoms with van der Waals surface area (Å²) in [6.45, 7) is 2.45. The normalized spacial score (nSPS) is 11.6. The van der Waals surface area contributed by atoms with Gasteiger partial charge in [0.1, 0.15) is 0 Å². The second-order valence-electron chi connectivity index (χ2n) is 5.62. The fourth-order valence-corrected chi connectivity index (χ4v) is 2.33. The molecule has 6 heteroatoms. The third-order valence-electron chi connectivity index (χ3n) is 3.74. The molecule has 0 spiro atoms. The van der Waals surface area contributed by atoms with Crippen molar-refractivity contribution in [3.63, 3.8) is 0 Å². The second kappa shape index (κ2) is 8.01. The fourth-order valence-electron chi connectivity index (χ4n) is 2.33. The van der Waals surface area contributed by atoms with E-state index in [1.54, 1.807) is 12.4 Å². The molecule has 0 saturated carbocycles. The number of aromatic nitrogens is 3. The minimum Gasteiger partial charge on any atom is -0.348 e. The summed E-state index contributed by atoms with van der Waals surface area (Å²) in [5, 5.41) is 6.04. The molecule has 126 valence electrons. The summed E-state index contributed by atoms with van der Waals surface area (Å²) in [5.41, 5.74) is 2.50. The molecule has 0 aliphatic heterocycles. The van der Waals surface area contributed by atoms with Gasteiger partial charge in [-0.15, -0.1) is 0 Å². The van der Waals surface area contributed by atoms with Crippen LogP contribution in [0.5, 0.6) is 0 Å². The lowest BCUT2D eigenvalue weighted by Crippen LogP contribution is -2.23. The number of amides is 1. The first kappa shape index (κ1) is 16.6. The number of anilines is 1. The van der Waals surface area contributed by atoms with E-state index < -0.39 is 0 Å². The first-order chi connectivity index (χ1) is 12.2. The maximum absolute atomic E-state index is 12.1. The van der Waals surface area contributed by atoms with Crippen LogP contribution >= 0.6 is 0 Å². The van der Waals surface area contributed by atoms with E-state index in [4.69, 9.17) is 0 Å². The number of hydrogen-bond donors (Lipinski definition) is 2. The number of carbonyl (C=O) groups excluding carboxylic acids is 1. The van der Waals surface area contributed by atoms with Gasteiger partial charge >= 0.3 is 0 Å². The standard InChI is InChI=1S/C19H19N5O/c1-14(16-7-3-2-4-8-16)24-19-22-12-17(13-23-19)18(25)21-11-15-6-5-9-20-10-15/h2-10,12-14H,11H2,1H3,(H,21,25)(H,22,23,24). The van der Waals surface area contributed by atoms with Crippen LogP contribution in [0.2, 0.25) is 0 Å². The minimum atomic E-state index is -0.216. The van der Waals surface area contributed by atoms with Crippen molar-refractivity contribution in [3.8, 4) is 0 Å². The van der Waals surface area contributed by atoms with Crippen molar-refractivity contribution in [2.75, 3.05) is 5.32 Å². The zero-order valence-corrected chi connectivity index (χ0v) is 13.9. The Morgan fingerprint density at radius 1 is 1.04 bits per heavy atom. The molecule has 0 aliphatic carbocycles. The van der Waals surface area contributed by atoms with E-state index in [1.807, 2.05) is 49.4 Å². The van der Waals surface area contributed by atoms with E-state index >= 15 is 0 Å². The molecule has 1 aromatic carbocycles. The van der Waals surface area contributed by atoms with Crippen LogP contribution in [-0.2, 0) is 6.54 Å². The van der Waals surface area contributed by atoms with Crippen molar-refractivity contribution in [1.29, 1.82) is 0 Å². The number of benzene rings is 1. The Kier molecular flexibility index (Phi) is 5.31. The first-order valence-corrected chi connectivity index (χ1v) is 8.03. The average Bonchev–Trinajstić information content (AvgIpc) is 2.68. The molecule has 3 rings (SSSR count). The number of carbonyl (C=O) groups is 1. The molecule has 2 heterocycles. The van der Waals surface area contributed by atoms with E-state index in [9.17, 15) is 4.79 Å². The number of nitrogens with one attached hydrogen (secondary N) is 2. The Morgan fingerprint density at radius 3 is 2.48 bits per heavy atom. The van der Waals surface area contributed by atoms with Crippen molar-refractivity contribution in [2.24, 2.45) is 0 Å². The molecule has 0 bridgehead atoms. The van der Waals surface area contributed by atoms with Gasteiger partial charge in [0, 0.05) is 31.3 Å². The Balaban J connectivity index is 1.57. The van der Waals surface area contributed by atoms with E-state index in [2.05, 4.69) is 25.6 Å². The largest absolute Gasteiger partial charge is 0.348 e. The molecule has 2 aromatic heterocycles. The summed E-state index contributed by atoms with van der Waals surface area (Å²) in [6.07, 6.45) is 6.45. The van der Waals surface area contributed by atoms with Crippen LogP contribution < -0.4 is 10.6 Å². The van der Waals surface area contributed by atoms with Gasteiger partial charge in [0.15, 0.2) is 0 Å². The predicted molar refractivity (Wildman–Crippen MR) is 95.9 cm³/mol. The lowest BCUT2D eigenvalue weighted by atomic mass is 10.1. The van der Waals surface area contributed by atoms with Crippen molar-refractivity contribution in [2.45, 2.75) is 19.5 Å². The molecule has 1 unspecified atom stereocenters. The number of nitrogens with zero attached hydrogens (tertiary/aromatic N) is 3. The van der Waals surface area contributed by atoms with Crippen molar-refractivity contribution >= 4 is 11.9 Å². The van der Waals surface area contributed by atoms with E-state index in [0.717, 1.165) is 11.1 Å². The van der Waals surface area contributed by atoms with Crippen LogP contribution in [0.1, 0.15) is 34.5 Å². The molecule has 2 N–H and O–H groups in total. The Morgan fingerprint density at radius 2 is 1.80 bits per heavy atom. The van der Waals surface area contributed by atoms with E-state index in [-0.39, 0.29) is 11.9 Å². The van der Waals surface area contributed by atoms with Gasteiger partial charge in [0.25, 0.3) is 5.91 Å². The summed E-state index contributed by atoms with van der Waals surface area (Å²) in [7, 11) is 0. The van der Waals surface area contributed by atoms with E-state index in [1.165, 1.54) is 12.4 Å². The van der Waals surface area contributed by atoms with Gasteiger partial charge in [-0.3, -0.25) is 9.78 Å². The van der Waals surface area contributed by atoms with E-state index in [0.29, 0.717) is 18.1 Å². The third-order valence-corrected chi connectivity index (χ3v) is 3.74. The molecule has 0 saturated heterocycles. The maximum atomic E-state index is 12.1. The van der Waals surface area contributed by atoms with Crippen molar-refractivity contribution < 1.29 is 4.79 Å². The van der Waals surface area contributed by atoms with Gasteiger partial charge in [-0.1, -0.05) is 36.4 Å². The van der Waals surface area contributed by atoms with Crippen LogP contribution in [-0.4, -0.2) is 20.9 Å². The zero-order valence-electron chi connectivity index (χ0n) is 13.9. The Bertz CT molecular complexity index is 806. The summed E-state index contributed by atoms with van der Waals surface area (Å²) < 4.78 is 0. The third kappa shape index (κ3) is 4.60. The Hall–Kier alpha value is -3.28. The molecule has 1 atom stereocenters. The molecule has 0 radical (unpaired) electrons. The van der Waals surface area contributed by atoms with Crippen LogP contribution in [0, 0.1) is 0 Å². The topological polar surface area (TPSA) is 79.8 Å². The fraction of sp³-hybridized carbons (Fsp3) is 0.158. The highest BCUT2D eigenvalue weighted by molar-refractivity contribution is 5.93.